The molecule has 0 radical (unpaired) electrons. The normalized spacial score (nSPS) is 11.4. The molecule has 14 heteroatoms. The zero-order valence-corrected chi connectivity index (χ0v) is 21.0. The number of alkyl halides is 4. The molecule has 0 atom stereocenters. The fourth-order valence-electron chi connectivity index (χ4n) is 3.27. The van der Waals surface area contributed by atoms with Crippen molar-refractivity contribution in [2.24, 2.45) is 0 Å². The van der Waals surface area contributed by atoms with Gasteiger partial charge in [0.1, 0.15) is 27.0 Å². The number of amides is 1. The van der Waals surface area contributed by atoms with Crippen LogP contribution in [0.1, 0.15) is 86.9 Å². The average molecular weight is 546 g/mol. The second-order valence-electron chi connectivity index (χ2n) is 7.91. The van der Waals surface area contributed by atoms with Gasteiger partial charge in [0.15, 0.2) is 5.76 Å². The van der Waals surface area contributed by atoms with Gasteiger partial charge in [0.05, 0.1) is 24.8 Å². The molecule has 0 spiro atoms. The molecule has 0 unspecified atom stereocenters. The summed E-state index contributed by atoms with van der Waals surface area (Å²) < 4.78 is 68.6. The summed E-state index contributed by atoms with van der Waals surface area (Å²) in [6.45, 7) is 6.07. The molecule has 0 saturated carbocycles. The Labute approximate surface area is 212 Å². The van der Waals surface area contributed by atoms with Gasteiger partial charge in [-0.2, -0.15) is 5.10 Å². The molecule has 200 valence electrons. The summed E-state index contributed by atoms with van der Waals surface area (Å²) in [6, 6.07) is 3.14. The highest BCUT2D eigenvalue weighted by atomic mass is 32.1. The third kappa shape index (κ3) is 6.37. The summed E-state index contributed by atoms with van der Waals surface area (Å²) in [5.74, 6) is -2.53. The topological polar surface area (TPSA) is 113 Å². The first-order valence-electron chi connectivity index (χ1n) is 11.0. The van der Waals surface area contributed by atoms with Gasteiger partial charge in [0.25, 0.3) is 18.8 Å². The van der Waals surface area contributed by atoms with Crippen molar-refractivity contribution in [3.05, 3.63) is 57.1 Å². The second-order valence-corrected chi connectivity index (χ2v) is 8.93. The summed E-state index contributed by atoms with van der Waals surface area (Å²) >= 11 is 0.815. The molecule has 37 heavy (non-hydrogen) atoms. The van der Waals surface area contributed by atoms with Gasteiger partial charge in [-0.1, -0.05) is 0 Å². The fourth-order valence-corrected chi connectivity index (χ4v) is 4.35. The summed E-state index contributed by atoms with van der Waals surface area (Å²) in [4.78, 5) is 38.0. The zero-order chi connectivity index (χ0) is 27.4. The van der Waals surface area contributed by atoms with E-state index < -0.39 is 54.7 Å². The van der Waals surface area contributed by atoms with Crippen LogP contribution in [0, 0.1) is 6.92 Å². The van der Waals surface area contributed by atoms with Crippen molar-refractivity contribution in [2.75, 3.05) is 11.9 Å². The predicted molar refractivity (Wildman–Crippen MR) is 123 cm³/mol. The van der Waals surface area contributed by atoms with E-state index in [1.165, 1.54) is 19.1 Å². The Hall–Kier alpha value is -3.68. The summed E-state index contributed by atoms with van der Waals surface area (Å²) in [6.07, 6.45) is -6.57. The first-order chi connectivity index (χ1) is 17.4. The minimum Gasteiger partial charge on any atom is -0.462 e. The Morgan fingerprint density at radius 3 is 2.43 bits per heavy atom. The van der Waals surface area contributed by atoms with Crippen molar-refractivity contribution in [3.8, 4) is 0 Å². The number of furan rings is 1. The highest BCUT2D eigenvalue weighted by molar-refractivity contribution is 7.18. The zero-order valence-electron chi connectivity index (χ0n) is 20.1. The number of rotatable bonds is 10. The van der Waals surface area contributed by atoms with Gasteiger partial charge >= 0.3 is 11.9 Å². The number of carbonyl (C=O) groups is 3. The Balaban J connectivity index is 1.86. The molecule has 0 aromatic carbocycles. The predicted octanol–water partition coefficient (Wildman–Crippen LogP) is 5.76. The smallest absolute Gasteiger partial charge is 0.348 e. The van der Waals surface area contributed by atoms with Crippen LogP contribution in [0.15, 0.2) is 22.6 Å². The summed E-state index contributed by atoms with van der Waals surface area (Å²) in [7, 11) is 0. The van der Waals surface area contributed by atoms with Crippen LogP contribution in [0.2, 0.25) is 0 Å². The third-order valence-corrected chi connectivity index (χ3v) is 6.04. The van der Waals surface area contributed by atoms with Crippen molar-refractivity contribution >= 4 is 34.2 Å². The average Bonchev–Trinajstić information content (AvgIpc) is 3.51. The molecule has 0 bridgehead atoms. The maximum Gasteiger partial charge on any atom is 0.348 e. The Morgan fingerprint density at radius 1 is 1.14 bits per heavy atom. The maximum absolute atomic E-state index is 13.2. The molecule has 1 N–H and O–H groups in total. The number of ether oxygens (including phenoxy) is 2. The van der Waals surface area contributed by atoms with Crippen molar-refractivity contribution < 1.29 is 45.8 Å². The van der Waals surface area contributed by atoms with E-state index in [0.717, 1.165) is 11.3 Å². The highest BCUT2D eigenvalue weighted by Crippen LogP contribution is 2.35. The van der Waals surface area contributed by atoms with Crippen LogP contribution in [0.4, 0.5) is 22.6 Å². The quantitative estimate of drug-likeness (QED) is 0.254. The molecule has 0 aliphatic carbocycles. The lowest BCUT2D eigenvalue weighted by molar-refractivity contribution is 0.0379. The van der Waals surface area contributed by atoms with Gasteiger partial charge in [0.2, 0.25) is 0 Å². The lowest BCUT2D eigenvalue weighted by Gasteiger charge is -2.10. The number of esters is 2. The highest BCUT2D eigenvalue weighted by Gasteiger charge is 2.29. The second kappa shape index (κ2) is 11.6. The number of nitrogens with zero attached hydrogens (tertiary/aromatic N) is 2. The molecule has 3 aromatic rings. The van der Waals surface area contributed by atoms with E-state index in [1.807, 2.05) is 0 Å². The number of anilines is 1. The Kier molecular flexibility index (Phi) is 8.73. The van der Waals surface area contributed by atoms with Gasteiger partial charge in [-0.15, -0.1) is 11.3 Å². The molecule has 3 rings (SSSR count). The lowest BCUT2D eigenvalue weighted by Crippen LogP contribution is -2.16. The molecule has 3 heterocycles. The van der Waals surface area contributed by atoms with Crippen LogP contribution in [0.25, 0.3) is 0 Å². The van der Waals surface area contributed by atoms with Crippen LogP contribution in [-0.4, -0.2) is 40.3 Å². The van der Waals surface area contributed by atoms with Crippen molar-refractivity contribution in [2.45, 2.75) is 53.2 Å². The summed E-state index contributed by atoms with van der Waals surface area (Å²) in [5, 5.41) is 6.00. The number of carbonyl (C=O) groups excluding carboxylic acids is 3. The molecule has 0 fully saturated rings. The number of thiophene rings is 1. The van der Waals surface area contributed by atoms with E-state index >= 15 is 0 Å². The first kappa shape index (κ1) is 27.9. The van der Waals surface area contributed by atoms with Gasteiger partial charge in [-0.3, -0.25) is 9.48 Å². The number of nitrogens with one attached hydrogen (secondary N) is 1. The molecular weight excluding hydrogens is 522 g/mol. The van der Waals surface area contributed by atoms with Crippen LogP contribution >= 0.6 is 11.3 Å². The minimum atomic E-state index is -3.06. The van der Waals surface area contributed by atoms with Gasteiger partial charge in [-0.25, -0.2) is 27.2 Å². The van der Waals surface area contributed by atoms with E-state index in [9.17, 15) is 31.9 Å². The van der Waals surface area contributed by atoms with E-state index in [4.69, 9.17) is 13.9 Å². The summed E-state index contributed by atoms with van der Waals surface area (Å²) in [5.41, 5.74) is -1.31. The van der Waals surface area contributed by atoms with Crippen LogP contribution in [0.5, 0.6) is 0 Å². The Morgan fingerprint density at radius 2 is 1.84 bits per heavy atom. The van der Waals surface area contributed by atoms with Crippen molar-refractivity contribution in [1.29, 1.82) is 0 Å². The molecule has 0 aliphatic heterocycles. The molecular formula is C23H23F4N3O6S. The molecule has 0 aliphatic rings. The van der Waals surface area contributed by atoms with Gasteiger partial charge in [0, 0.05) is 0 Å². The van der Waals surface area contributed by atoms with E-state index in [-0.39, 0.29) is 39.1 Å². The largest absolute Gasteiger partial charge is 0.462 e. The van der Waals surface area contributed by atoms with Crippen LogP contribution in [-0.2, 0) is 16.0 Å². The lowest BCUT2D eigenvalue weighted by atomic mass is 10.1. The molecule has 1 amide bonds. The van der Waals surface area contributed by atoms with Gasteiger partial charge < -0.3 is 19.2 Å². The SMILES string of the molecule is CCOC(=O)c1sc(NC(=O)c2ccc(Cn3nc(C(F)F)cc3C(F)F)o2)c(C(=O)OC(C)C)c1C. The molecule has 0 saturated heterocycles. The van der Waals surface area contributed by atoms with E-state index in [0.29, 0.717) is 10.7 Å². The third-order valence-electron chi connectivity index (χ3n) is 4.85. The van der Waals surface area contributed by atoms with Gasteiger partial charge in [-0.05, 0) is 51.5 Å². The monoisotopic (exact) mass is 545 g/mol. The maximum atomic E-state index is 13.2. The fraction of sp³-hybridized carbons (Fsp3) is 0.391. The minimum absolute atomic E-state index is 0.00928. The number of hydrogen-bond acceptors (Lipinski definition) is 8. The van der Waals surface area contributed by atoms with Crippen LogP contribution < -0.4 is 5.32 Å². The van der Waals surface area contributed by atoms with Crippen molar-refractivity contribution in [3.63, 3.8) is 0 Å². The number of halogens is 4. The number of hydrogen-bond donors (Lipinski definition) is 1. The molecule has 9 nitrogen and oxygen atoms in total. The molecule has 3 aromatic heterocycles. The number of aromatic nitrogens is 2. The van der Waals surface area contributed by atoms with Crippen molar-refractivity contribution in [1.82, 2.24) is 9.78 Å². The van der Waals surface area contributed by atoms with E-state index in [2.05, 4.69) is 10.4 Å². The van der Waals surface area contributed by atoms with Crippen LogP contribution in [0.3, 0.4) is 0 Å². The standard InChI is InChI=1S/C23H23F4N3O6S/c1-5-34-23(33)17-11(4)16(22(32)35-10(2)3)21(37-17)28-20(31)15-7-6-12(36-15)9-30-14(19(26)27)8-13(29-30)18(24)25/h6-8,10,18-19H,5,9H2,1-4H3,(H,28,31). The Bertz CT molecular complexity index is 1300. The van der Waals surface area contributed by atoms with E-state index in [1.54, 1.807) is 20.8 Å². The first-order valence-corrected chi connectivity index (χ1v) is 11.8.